The van der Waals surface area contributed by atoms with Gasteiger partial charge in [0.2, 0.25) is 0 Å². The monoisotopic (exact) mass is 283 g/mol. The summed E-state index contributed by atoms with van der Waals surface area (Å²) in [5.74, 6) is -0.315. The summed E-state index contributed by atoms with van der Waals surface area (Å²) < 4.78 is 4.96. The van der Waals surface area contributed by atoms with Gasteiger partial charge in [-0.3, -0.25) is 4.79 Å². The topological polar surface area (TPSA) is 86.9 Å². The van der Waals surface area contributed by atoms with Crippen LogP contribution in [0.4, 0.5) is 4.79 Å². The fourth-order valence-corrected chi connectivity index (χ4v) is 1.55. The Morgan fingerprint density at radius 1 is 1.10 bits per heavy atom. The fraction of sp³-hybridized carbons (Fsp3) is 0.750. The molecular formula is C12H21N5O3. The van der Waals surface area contributed by atoms with Gasteiger partial charge in [0.05, 0.1) is 0 Å². The summed E-state index contributed by atoms with van der Waals surface area (Å²) in [6, 6.07) is -0.200. The molecule has 2 amide bonds. The summed E-state index contributed by atoms with van der Waals surface area (Å²) in [4.78, 5) is 30.7. The quantitative estimate of drug-likeness (QED) is 0.727. The first-order valence-electron chi connectivity index (χ1n) is 6.15. The molecule has 0 aromatic carbocycles. The maximum Gasteiger partial charge on any atom is 0.417 e. The van der Waals surface area contributed by atoms with Gasteiger partial charge in [0.1, 0.15) is 0 Å². The van der Waals surface area contributed by atoms with Gasteiger partial charge >= 0.3 is 12.1 Å². The van der Waals surface area contributed by atoms with E-state index in [-0.39, 0.29) is 11.9 Å². The first-order chi connectivity index (χ1) is 9.01. The second-order valence-corrected chi connectivity index (χ2v) is 5.98. The number of hydrogen-bond donors (Lipinski definition) is 0. The number of carbonyl (C=O) groups is 2. The molecule has 20 heavy (non-hydrogen) atoms. The van der Waals surface area contributed by atoms with Crippen LogP contribution in [0.5, 0.6) is 0 Å². The molecule has 0 fully saturated rings. The van der Waals surface area contributed by atoms with Crippen molar-refractivity contribution in [1.29, 1.82) is 0 Å². The minimum absolute atomic E-state index is 0.200. The molecule has 1 heterocycles. The molecule has 1 aliphatic rings. The van der Waals surface area contributed by atoms with Crippen LogP contribution in [0.1, 0.15) is 20.8 Å². The molecule has 112 valence electrons. The zero-order valence-corrected chi connectivity index (χ0v) is 13.0. The van der Waals surface area contributed by atoms with Crippen LogP contribution in [0.25, 0.3) is 0 Å². The van der Waals surface area contributed by atoms with E-state index in [1.165, 1.54) is 23.9 Å². The SMILES string of the molecule is CN(C)C(=O)OC1=NC(C(=O)N(C)C)(C(C)(C)C)N=N1. The number of amides is 2. The van der Waals surface area contributed by atoms with E-state index < -0.39 is 17.2 Å². The molecule has 0 saturated heterocycles. The number of aliphatic imine (C=N–C) groups is 1. The van der Waals surface area contributed by atoms with Crippen molar-refractivity contribution in [2.75, 3.05) is 28.2 Å². The fourth-order valence-electron chi connectivity index (χ4n) is 1.55. The van der Waals surface area contributed by atoms with Crippen LogP contribution in [0.2, 0.25) is 0 Å². The molecule has 0 aromatic heterocycles. The minimum atomic E-state index is -1.40. The first-order valence-corrected chi connectivity index (χ1v) is 6.15. The van der Waals surface area contributed by atoms with E-state index >= 15 is 0 Å². The molecule has 8 heteroatoms. The number of nitrogens with zero attached hydrogens (tertiary/aromatic N) is 5. The van der Waals surface area contributed by atoms with Crippen LogP contribution < -0.4 is 0 Å². The average Bonchev–Trinajstić information content (AvgIpc) is 2.72. The van der Waals surface area contributed by atoms with Crippen molar-refractivity contribution in [3.63, 3.8) is 0 Å². The van der Waals surface area contributed by atoms with Gasteiger partial charge in [-0.25, -0.2) is 4.79 Å². The summed E-state index contributed by atoms with van der Waals surface area (Å²) in [5.41, 5.74) is -2.01. The molecule has 1 unspecified atom stereocenters. The average molecular weight is 283 g/mol. The van der Waals surface area contributed by atoms with Crippen LogP contribution in [-0.4, -0.2) is 61.7 Å². The molecular weight excluding hydrogens is 262 g/mol. The van der Waals surface area contributed by atoms with E-state index in [9.17, 15) is 9.59 Å². The number of amidine groups is 1. The molecule has 0 aliphatic carbocycles. The first kappa shape index (κ1) is 16.1. The molecule has 0 N–H and O–H groups in total. The van der Waals surface area contributed by atoms with Gasteiger partial charge in [-0.1, -0.05) is 25.9 Å². The number of likely N-dealkylation sites (N-methyl/N-ethyl adjacent to an activating group) is 1. The van der Waals surface area contributed by atoms with Crippen LogP contribution >= 0.6 is 0 Å². The van der Waals surface area contributed by atoms with Crippen molar-refractivity contribution >= 4 is 18.0 Å². The van der Waals surface area contributed by atoms with E-state index in [1.54, 1.807) is 14.1 Å². The predicted octanol–water partition coefficient (Wildman–Crippen LogP) is 1.34. The lowest BCUT2D eigenvalue weighted by Crippen LogP contribution is -2.51. The van der Waals surface area contributed by atoms with E-state index in [0.717, 1.165) is 0 Å². The lowest BCUT2D eigenvalue weighted by atomic mass is 9.80. The number of rotatable bonds is 1. The third kappa shape index (κ3) is 2.78. The van der Waals surface area contributed by atoms with Crippen LogP contribution in [0.3, 0.4) is 0 Å². The molecule has 0 bridgehead atoms. The largest absolute Gasteiger partial charge is 0.417 e. The van der Waals surface area contributed by atoms with Crippen molar-refractivity contribution in [1.82, 2.24) is 9.80 Å². The lowest BCUT2D eigenvalue weighted by molar-refractivity contribution is -0.138. The van der Waals surface area contributed by atoms with Gasteiger partial charge in [-0.15, -0.1) is 5.11 Å². The smallest absolute Gasteiger partial charge is 0.373 e. The Balaban J connectivity index is 3.14. The molecule has 0 radical (unpaired) electrons. The van der Waals surface area contributed by atoms with Gasteiger partial charge in [0, 0.05) is 33.6 Å². The third-order valence-electron chi connectivity index (χ3n) is 2.83. The molecule has 0 saturated carbocycles. The third-order valence-corrected chi connectivity index (χ3v) is 2.83. The highest BCUT2D eigenvalue weighted by molar-refractivity contribution is 5.94. The highest BCUT2D eigenvalue weighted by Gasteiger charge is 2.53. The standard InChI is InChI=1S/C12H21N5O3/c1-11(2,3)12(8(18)16(4)5)13-9(14-15-12)20-10(19)17(6)7/h1-7H3. The maximum atomic E-state index is 12.4. The molecule has 1 atom stereocenters. The molecule has 1 rings (SSSR count). The lowest BCUT2D eigenvalue weighted by Gasteiger charge is -2.34. The predicted molar refractivity (Wildman–Crippen MR) is 73.3 cm³/mol. The zero-order valence-electron chi connectivity index (χ0n) is 13.0. The Hall–Kier alpha value is -1.99. The molecule has 8 nitrogen and oxygen atoms in total. The van der Waals surface area contributed by atoms with Gasteiger partial charge in [0.25, 0.3) is 11.6 Å². The Bertz CT molecular complexity index is 476. The Morgan fingerprint density at radius 3 is 2.05 bits per heavy atom. The second-order valence-electron chi connectivity index (χ2n) is 5.98. The summed E-state index contributed by atoms with van der Waals surface area (Å²) in [5, 5.41) is 7.73. The summed E-state index contributed by atoms with van der Waals surface area (Å²) >= 11 is 0. The van der Waals surface area contributed by atoms with Crippen molar-refractivity contribution in [2.45, 2.75) is 26.4 Å². The number of ether oxygens (including phenoxy) is 1. The number of carbonyl (C=O) groups excluding carboxylic acids is 2. The van der Waals surface area contributed by atoms with Gasteiger partial charge in [-0.2, -0.15) is 4.99 Å². The summed E-state index contributed by atoms with van der Waals surface area (Å²) in [7, 11) is 6.31. The Labute approximate surface area is 118 Å². The number of azo groups is 1. The summed E-state index contributed by atoms with van der Waals surface area (Å²) in [6.45, 7) is 5.48. The molecule has 0 aromatic rings. The zero-order chi connectivity index (χ0) is 15.7. The maximum absolute atomic E-state index is 12.4. The van der Waals surface area contributed by atoms with Crippen LogP contribution in [0, 0.1) is 5.41 Å². The molecule has 1 aliphatic heterocycles. The highest BCUT2D eigenvalue weighted by Crippen LogP contribution is 2.39. The van der Waals surface area contributed by atoms with Crippen molar-refractivity contribution in [2.24, 2.45) is 20.6 Å². The van der Waals surface area contributed by atoms with Gasteiger partial charge in [-0.05, 0) is 0 Å². The second kappa shape index (κ2) is 5.18. The van der Waals surface area contributed by atoms with Crippen LogP contribution in [-0.2, 0) is 9.53 Å². The van der Waals surface area contributed by atoms with Crippen LogP contribution in [0.15, 0.2) is 15.2 Å². The number of hydrogen-bond acceptors (Lipinski definition) is 6. The van der Waals surface area contributed by atoms with Gasteiger partial charge < -0.3 is 14.5 Å². The minimum Gasteiger partial charge on any atom is -0.373 e. The highest BCUT2D eigenvalue weighted by atomic mass is 16.6. The normalized spacial score (nSPS) is 21.4. The Morgan fingerprint density at radius 2 is 1.65 bits per heavy atom. The van der Waals surface area contributed by atoms with Crippen molar-refractivity contribution in [3.8, 4) is 0 Å². The van der Waals surface area contributed by atoms with Gasteiger partial charge in [0.15, 0.2) is 0 Å². The summed E-state index contributed by atoms with van der Waals surface area (Å²) in [6.07, 6.45) is -0.621. The van der Waals surface area contributed by atoms with Crippen molar-refractivity contribution < 1.29 is 14.3 Å². The van der Waals surface area contributed by atoms with E-state index in [1.807, 2.05) is 20.8 Å². The van der Waals surface area contributed by atoms with Crippen molar-refractivity contribution in [3.05, 3.63) is 0 Å². The van der Waals surface area contributed by atoms with E-state index in [4.69, 9.17) is 4.74 Å². The van der Waals surface area contributed by atoms with E-state index in [0.29, 0.717) is 0 Å². The van der Waals surface area contributed by atoms with E-state index in [2.05, 4.69) is 15.2 Å². The Kier molecular flexibility index (Phi) is 4.16. The molecule has 0 spiro atoms.